The molecule has 4 heteroatoms. The summed E-state index contributed by atoms with van der Waals surface area (Å²) in [7, 11) is 0. The smallest absolute Gasteiger partial charge is 0.137 e. The van der Waals surface area contributed by atoms with E-state index in [0.29, 0.717) is 11.0 Å². The first kappa shape index (κ1) is 10.4. The van der Waals surface area contributed by atoms with Crippen molar-refractivity contribution in [2.24, 2.45) is 0 Å². The maximum absolute atomic E-state index is 6.05. The van der Waals surface area contributed by atoms with E-state index in [4.69, 9.17) is 23.2 Å². The molecule has 2 aromatic heterocycles. The summed E-state index contributed by atoms with van der Waals surface area (Å²) < 4.78 is 0. The van der Waals surface area contributed by atoms with Crippen LogP contribution in [0.5, 0.6) is 0 Å². The first-order chi connectivity index (χ1) is 7.33. The van der Waals surface area contributed by atoms with E-state index in [1.54, 1.807) is 18.6 Å². The molecule has 0 N–H and O–H groups in total. The van der Waals surface area contributed by atoms with Crippen molar-refractivity contribution in [1.82, 2.24) is 9.97 Å². The maximum Gasteiger partial charge on any atom is 0.137 e. The van der Waals surface area contributed by atoms with Gasteiger partial charge < -0.3 is 0 Å². The van der Waals surface area contributed by atoms with Gasteiger partial charge in [-0.25, -0.2) is 4.98 Å². The third-order valence-electron chi connectivity index (χ3n) is 2.09. The van der Waals surface area contributed by atoms with E-state index in [9.17, 15) is 0 Å². The predicted octanol–water partition coefficient (Wildman–Crippen LogP) is 3.54. The van der Waals surface area contributed by atoms with Crippen molar-refractivity contribution in [3.63, 3.8) is 0 Å². The molecule has 0 atom stereocenters. The van der Waals surface area contributed by atoms with Gasteiger partial charge in [0.15, 0.2) is 0 Å². The van der Waals surface area contributed by atoms with E-state index in [2.05, 4.69) is 9.97 Å². The van der Waals surface area contributed by atoms with Gasteiger partial charge in [-0.3, -0.25) is 4.98 Å². The van der Waals surface area contributed by atoms with Gasteiger partial charge in [-0.05, 0) is 17.7 Å². The van der Waals surface area contributed by atoms with Crippen LogP contribution < -0.4 is 0 Å². The fourth-order valence-corrected chi connectivity index (χ4v) is 1.91. The Morgan fingerprint density at radius 3 is 2.73 bits per heavy atom. The molecular formula is C11H8Cl2N2. The number of hydrogen-bond acceptors (Lipinski definition) is 2. The summed E-state index contributed by atoms with van der Waals surface area (Å²) in [5.41, 5.74) is 2.76. The molecule has 2 heterocycles. The predicted molar refractivity (Wildman–Crippen MR) is 62.0 cm³/mol. The molecule has 0 fully saturated rings. The maximum atomic E-state index is 6.05. The van der Waals surface area contributed by atoms with Gasteiger partial charge in [0.1, 0.15) is 5.15 Å². The van der Waals surface area contributed by atoms with E-state index in [1.807, 2.05) is 18.2 Å². The Hall–Kier alpha value is -1.12. The van der Waals surface area contributed by atoms with Gasteiger partial charge in [-0.1, -0.05) is 17.7 Å². The van der Waals surface area contributed by atoms with E-state index < -0.39 is 0 Å². The molecule has 0 spiro atoms. The van der Waals surface area contributed by atoms with E-state index >= 15 is 0 Å². The Morgan fingerprint density at radius 2 is 2.07 bits per heavy atom. The molecule has 0 saturated carbocycles. The highest BCUT2D eigenvalue weighted by Crippen LogP contribution is 2.29. The van der Waals surface area contributed by atoms with Crippen LogP contribution in [0.15, 0.2) is 36.8 Å². The first-order valence-corrected chi connectivity index (χ1v) is 5.34. The Labute approximate surface area is 97.9 Å². The van der Waals surface area contributed by atoms with Crippen LogP contribution in [0.2, 0.25) is 5.15 Å². The van der Waals surface area contributed by atoms with Crippen LogP contribution in [0, 0.1) is 0 Å². The van der Waals surface area contributed by atoms with Crippen molar-refractivity contribution >= 4 is 23.2 Å². The Kier molecular flexibility index (Phi) is 3.19. The minimum absolute atomic E-state index is 0.409. The van der Waals surface area contributed by atoms with Gasteiger partial charge in [-0.2, -0.15) is 0 Å². The quantitative estimate of drug-likeness (QED) is 0.591. The summed E-state index contributed by atoms with van der Waals surface area (Å²) in [5.74, 6) is 0.409. The summed E-state index contributed by atoms with van der Waals surface area (Å²) in [6.07, 6.45) is 5.12. The monoisotopic (exact) mass is 238 g/mol. The topological polar surface area (TPSA) is 25.8 Å². The summed E-state index contributed by atoms with van der Waals surface area (Å²) in [6, 6.07) is 5.66. The molecule has 0 aromatic carbocycles. The van der Waals surface area contributed by atoms with Crippen molar-refractivity contribution in [3.8, 4) is 11.1 Å². The molecule has 0 amide bonds. The van der Waals surface area contributed by atoms with Crippen molar-refractivity contribution in [3.05, 3.63) is 47.5 Å². The van der Waals surface area contributed by atoms with E-state index in [1.165, 1.54) is 0 Å². The number of aromatic nitrogens is 2. The highest BCUT2D eigenvalue weighted by molar-refractivity contribution is 6.32. The number of alkyl halides is 1. The van der Waals surface area contributed by atoms with E-state index in [-0.39, 0.29) is 0 Å². The lowest BCUT2D eigenvalue weighted by molar-refractivity contribution is 1.25. The third kappa shape index (κ3) is 2.11. The SMILES string of the molecule is ClCc1ccnc(Cl)c1-c1cccnc1. The second-order valence-electron chi connectivity index (χ2n) is 3.01. The molecule has 0 saturated heterocycles. The average Bonchev–Trinajstić information content (AvgIpc) is 2.29. The molecule has 0 aliphatic heterocycles. The summed E-state index contributed by atoms with van der Waals surface area (Å²) >= 11 is 11.9. The summed E-state index contributed by atoms with van der Waals surface area (Å²) in [5, 5.41) is 0.459. The van der Waals surface area contributed by atoms with Crippen LogP contribution in [0.1, 0.15) is 5.56 Å². The summed E-state index contributed by atoms with van der Waals surface area (Å²) in [6.45, 7) is 0. The van der Waals surface area contributed by atoms with Crippen LogP contribution in [0.25, 0.3) is 11.1 Å². The zero-order valence-electron chi connectivity index (χ0n) is 7.82. The number of halogens is 2. The second kappa shape index (κ2) is 4.60. The third-order valence-corrected chi connectivity index (χ3v) is 2.66. The number of rotatable bonds is 2. The van der Waals surface area contributed by atoms with Crippen molar-refractivity contribution in [1.29, 1.82) is 0 Å². The van der Waals surface area contributed by atoms with Crippen molar-refractivity contribution < 1.29 is 0 Å². The minimum Gasteiger partial charge on any atom is -0.264 e. The number of pyridine rings is 2. The Morgan fingerprint density at radius 1 is 1.20 bits per heavy atom. The molecule has 2 aromatic rings. The fraction of sp³-hybridized carbons (Fsp3) is 0.0909. The summed E-state index contributed by atoms with van der Waals surface area (Å²) in [4.78, 5) is 8.09. The zero-order valence-corrected chi connectivity index (χ0v) is 9.33. The van der Waals surface area contributed by atoms with Gasteiger partial charge in [0.05, 0.1) is 0 Å². The van der Waals surface area contributed by atoms with Crippen molar-refractivity contribution in [2.45, 2.75) is 5.88 Å². The lowest BCUT2D eigenvalue weighted by atomic mass is 10.1. The lowest BCUT2D eigenvalue weighted by Gasteiger charge is -2.07. The molecule has 15 heavy (non-hydrogen) atoms. The number of hydrogen-bond donors (Lipinski definition) is 0. The largest absolute Gasteiger partial charge is 0.264 e. The van der Waals surface area contributed by atoms with Crippen LogP contribution in [-0.4, -0.2) is 9.97 Å². The second-order valence-corrected chi connectivity index (χ2v) is 3.64. The van der Waals surface area contributed by atoms with Gasteiger partial charge in [0.25, 0.3) is 0 Å². The van der Waals surface area contributed by atoms with Crippen LogP contribution in [0.3, 0.4) is 0 Å². The van der Waals surface area contributed by atoms with Gasteiger partial charge >= 0.3 is 0 Å². The average molecular weight is 239 g/mol. The molecule has 0 aliphatic carbocycles. The van der Waals surface area contributed by atoms with Crippen LogP contribution >= 0.6 is 23.2 Å². The fourth-order valence-electron chi connectivity index (χ4n) is 1.40. The molecule has 0 aliphatic rings. The standard InChI is InChI=1S/C11H8Cl2N2/c12-6-8-3-5-15-11(13)10(8)9-2-1-4-14-7-9/h1-5,7H,6H2. The Balaban J connectivity index is 2.61. The van der Waals surface area contributed by atoms with E-state index in [0.717, 1.165) is 16.7 Å². The van der Waals surface area contributed by atoms with Crippen LogP contribution in [0.4, 0.5) is 0 Å². The molecule has 2 nitrogen and oxygen atoms in total. The highest BCUT2D eigenvalue weighted by Gasteiger charge is 2.09. The van der Waals surface area contributed by atoms with Gasteiger partial charge in [-0.15, -0.1) is 11.6 Å². The van der Waals surface area contributed by atoms with Gasteiger partial charge in [0, 0.05) is 35.6 Å². The normalized spacial score (nSPS) is 10.3. The molecule has 0 bridgehead atoms. The molecule has 76 valence electrons. The molecule has 0 radical (unpaired) electrons. The molecular weight excluding hydrogens is 231 g/mol. The first-order valence-electron chi connectivity index (χ1n) is 4.42. The van der Waals surface area contributed by atoms with Crippen LogP contribution in [-0.2, 0) is 5.88 Å². The lowest BCUT2D eigenvalue weighted by Crippen LogP contribution is -1.90. The van der Waals surface area contributed by atoms with Gasteiger partial charge in [0.2, 0.25) is 0 Å². The number of nitrogens with zero attached hydrogens (tertiary/aromatic N) is 2. The van der Waals surface area contributed by atoms with Crippen molar-refractivity contribution in [2.75, 3.05) is 0 Å². The molecule has 2 rings (SSSR count). The zero-order chi connectivity index (χ0) is 10.7. The Bertz CT molecular complexity index is 457. The highest BCUT2D eigenvalue weighted by atomic mass is 35.5. The minimum atomic E-state index is 0.409. The molecule has 0 unspecified atom stereocenters.